The van der Waals surface area contributed by atoms with Crippen molar-refractivity contribution in [3.8, 4) is 0 Å². The second-order valence-corrected chi connectivity index (χ2v) is 12.1. The second kappa shape index (κ2) is 13.9. The van der Waals surface area contributed by atoms with E-state index in [1.165, 1.54) is 11.1 Å². The predicted octanol–water partition coefficient (Wildman–Crippen LogP) is 3.01. The van der Waals surface area contributed by atoms with Gasteiger partial charge in [-0.3, -0.25) is 4.79 Å². The average molecular weight is 565 g/mol. The van der Waals surface area contributed by atoms with Crippen molar-refractivity contribution in [2.24, 2.45) is 17.3 Å². The van der Waals surface area contributed by atoms with Crippen LogP contribution in [0.5, 0.6) is 0 Å². The van der Waals surface area contributed by atoms with Crippen LogP contribution in [0.25, 0.3) is 0 Å². The summed E-state index contributed by atoms with van der Waals surface area (Å²) < 4.78 is 11.2. The first kappa shape index (κ1) is 32.7. The van der Waals surface area contributed by atoms with Crippen molar-refractivity contribution in [3.05, 3.63) is 46.3 Å². The first-order chi connectivity index (χ1) is 18.8. The number of allylic oxidation sites excluding steroid dienone is 6. The van der Waals surface area contributed by atoms with E-state index in [0.717, 1.165) is 24.8 Å². The first-order valence-electron chi connectivity index (χ1n) is 14.4. The molecule has 0 aromatic rings. The number of carbonyl (C=O) groups is 1. The summed E-state index contributed by atoms with van der Waals surface area (Å²) in [4.78, 5) is 13.6. The third-order valence-electron chi connectivity index (χ3n) is 8.96. The van der Waals surface area contributed by atoms with Crippen LogP contribution in [0.1, 0.15) is 73.1 Å². The Bertz CT molecular complexity index is 1030. The molecule has 0 spiro atoms. The minimum Gasteiger partial charge on any atom is -0.504 e. The number of ketones is 1. The van der Waals surface area contributed by atoms with E-state index < -0.39 is 54.7 Å². The number of aliphatic hydroxyl groups excluding tert-OH is 6. The number of carbonyl (C=O) groups excluding carboxylic acids is 1. The average Bonchev–Trinajstić information content (AvgIpc) is 3.11. The topological polar surface area (TPSA) is 157 Å². The molecule has 3 aliphatic rings. The van der Waals surface area contributed by atoms with E-state index in [9.17, 15) is 35.4 Å². The molecule has 1 heterocycles. The highest BCUT2D eigenvalue weighted by Crippen LogP contribution is 2.51. The summed E-state index contributed by atoms with van der Waals surface area (Å²) in [7, 11) is 0. The molecule has 40 heavy (non-hydrogen) atoms. The van der Waals surface area contributed by atoms with Gasteiger partial charge in [0.05, 0.1) is 19.3 Å². The van der Waals surface area contributed by atoms with E-state index in [2.05, 4.69) is 26.0 Å². The molecule has 1 saturated heterocycles. The van der Waals surface area contributed by atoms with Gasteiger partial charge in [0.2, 0.25) is 5.78 Å². The lowest BCUT2D eigenvalue weighted by Crippen LogP contribution is -2.59. The fraction of sp³-hybridized carbons (Fsp3) is 0.710. The molecule has 1 aliphatic heterocycles. The number of ether oxygens (including phenoxy) is 2. The lowest BCUT2D eigenvalue weighted by Gasteiger charge is -2.40. The normalized spacial score (nSPS) is 41.5. The molecule has 1 fully saturated rings. The molecule has 0 amide bonds. The second-order valence-electron chi connectivity index (χ2n) is 12.1. The van der Waals surface area contributed by atoms with E-state index in [-0.39, 0.29) is 24.1 Å². The van der Waals surface area contributed by atoms with Gasteiger partial charge in [-0.05, 0) is 70.4 Å². The summed E-state index contributed by atoms with van der Waals surface area (Å²) in [5.41, 5.74) is 2.89. The zero-order valence-corrected chi connectivity index (χ0v) is 24.4. The maximum Gasteiger partial charge on any atom is 0.203 e. The predicted molar refractivity (Wildman–Crippen MR) is 150 cm³/mol. The van der Waals surface area contributed by atoms with Gasteiger partial charge in [-0.25, -0.2) is 0 Å². The standard InChI is InChI=1S/C31H48O9/c1-17-7-6-8-18(2)13-14-31(5)21(11-10-19(3)22(33)12-9-17)24(26(35)29(31)38)20(4)16-39-30-28(37)27(36)25(34)23(15-32)40-30/h7,10,13,20-23,25,27-28,30,32-37H,6,8-9,11-12,14-16H2,1-5H3/b17-7+,18-13+,19-10+/t20-,21-,22+,23-,25-,27+,28-,30+,31+/m1/s1. The number of fused-ring (bicyclic) bond motifs is 1. The monoisotopic (exact) mass is 564 g/mol. The Kier molecular flexibility index (Phi) is 11.3. The molecular weight excluding hydrogens is 516 g/mol. The van der Waals surface area contributed by atoms with Crippen LogP contribution < -0.4 is 0 Å². The van der Waals surface area contributed by atoms with E-state index in [1.807, 2.05) is 26.8 Å². The van der Waals surface area contributed by atoms with Crippen molar-refractivity contribution < 1.29 is 44.9 Å². The van der Waals surface area contributed by atoms with Crippen molar-refractivity contribution in [2.45, 2.75) is 110 Å². The first-order valence-corrected chi connectivity index (χ1v) is 14.4. The summed E-state index contributed by atoms with van der Waals surface area (Å²) in [6.07, 6.45) is 2.69. The molecule has 0 aromatic carbocycles. The third-order valence-corrected chi connectivity index (χ3v) is 8.96. The molecule has 0 unspecified atom stereocenters. The van der Waals surface area contributed by atoms with Crippen molar-refractivity contribution in [1.29, 1.82) is 0 Å². The number of hydrogen-bond acceptors (Lipinski definition) is 9. The summed E-state index contributed by atoms with van der Waals surface area (Å²) >= 11 is 0. The zero-order valence-electron chi connectivity index (χ0n) is 24.4. The van der Waals surface area contributed by atoms with Gasteiger partial charge in [-0.2, -0.15) is 0 Å². The summed E-state index contributed by atoms with van der Waals surface area (Å²) in [5.74, 6) is -1.43. The Morgan fingerprint density at radius 2 is 1.70 bits per heavy atom. The quantitative estimate of drug-likeness (QED) is 0.276. The van der Waals surface area contributed by atoms with Crippen LogP contribution in [-0.2, 0) is 14.3 Å². The smallest absolute Gasteiger partial charge is 0.203 e. The van der Waals surface area contributed by atoms with Gasteiger partial charge in [0.25, 0.3) is 0 Å². The molecule has 226 valence electrons. The molecule has 2 aliphatic carbocycles. The molecule has 9 nitrogen and oxygen atoms in total. The summed E-state index contributed by atoms with van der Waals surface area (Å²) in [6, 6.07) is 0. The highest BCUT2D eigenvalue weighted by molar-refractivity contribution is 6.02. The van der Waals surface area contributed by atoms with Crippen LogP contribution in [0.15, 0.2) is 46.3 Å². The van der Waals surface area contributed by atoms with Gasteiger partial charge in [0, 0.05) is 17.3 Å². The molecule has 9 heteroatoms. The fourth-order valence-electron chi connectivity index (χ4n) is 5.97. The van der Waals surface area contributed by atoms with Crippen molar-refractivity contribution >= 4 is 5.78 Å². The SMILES string of the molecule is C/C1=C\C[C@]2(C)C(=O)C(O)=C([C@H](C)CO[C@H]3O[C@H](CO)[C@@H](O)[C@H](O)[C@H]3O)[C@H]2C/C=C(\C)[C@@H](O)CC/C(C)=C/CC1. The van der Waals surface area contributed by atoms with Crippen molar-refractivity contribution in [3.63, 3.8) is 0 Å². The van der Waals surface area contributed by atoms with Crippen molar-refractivity contribution in [2.75, 3.05) is 13.2 Å². The zero-order chi connectivity index (χ0) is 29.8. The van der Waals surface area contributed by atoms with Crippen LogP contribution in [0.3, 0.4) is 0 Å². The number of rotatable bonds is 5. The fourth-order valence-corrected chi connectivity index (χ4v) is 5.97. The van der Waals surface area contributed by atoms with Crippen LogP contribution in [0.2, 0.25) is 0 Å². The molecule has 0 saturated carbocycles. The Hall–Kier alpha value is -1.85. The largest absolute Gasteiger partial charge is 0.504 e. The van der Waals surface area contributed by atoms with Gasteiger partial charge in [0.15, 0.2) is 12.0 Å². The Balaban J connectivity index is 1.87. The van der Waals surface area contributed by atoms with E-state index in [0.29, 0.717) is 24.8 Å². The van der Waals surface area contributed by atoms with Gasteiger partial charge < -0.3 is 40.1 Å². The van der Waals surface area contributed by atoms with Crippen LogP contribution >= 0.6 is 0 Å². The number of aliphatic hydroxyl groups is 6. The van der Waals surface area contributed by atoms with Crippen LogP contribution in [0, 0.1) is 17.3 Å². The number of Topliss-reactive ketones (excluding diaryl/α,β-unsaturated/α-hetero) is 1. The summed E-state index contributed by atoms with van der Waals surface area (Å²) in [6.45, 7) is 9.09. The molecule has 0 aromatic heterocycles. The highest BCUT2D eigenvalue weighted by atomic mass is 16.7. The Labute approximate surface area is 237 Å². The van der Waals surface area contributed by atoms with Crippen molar-refractivity contribution in [1.82, 2.24) is 0 Å². The third kappa shape index (κ3) is 7.13. The van der Waals surface area contributed by atoms with Crippen LogP contribution in [-0.4, -0.2) is 86.4 Å². The lowest BCUT2D eigenvalue weighted by atomic mass is 9.70. The van der Waals surface area contributed by atoms with Gasteiger partial charge >= 0.3 is 0 Å². The molecule has 0 radical (unpaired) electrons. The summed E-state index contributed by atoms with van der Waals surface area (Å²) in [5, 5.41) is 61.9. The Morgan fingerprint density at radius 3 is 2.38 bits per heavy atom. The minimum atomic E-state index is -1.56. The molecule has 0 bridgehead atoms. The maximum absolute atomic E-state index is 13.6. The molecule has 9 atom stereocenters. The highest BCUT2D eigenvalue weighted by Gasteiger charge is 2.52. The van der Waals surface area contributed by atoms with Gasteiger partial charge in [-0.15, -0.1) is 0 Å². The van der Waals surface area contributed by atoms with E-state index in [1.54, 1.807) is 0 Å². The lowest BCUT2D eigenvalue weighted by molar-refractivity contribution is -0.302. The maximum atomic E-state index is 13.6. The van der Waals surface area contributed by atoms with E-state index in [4.69, 9.17) is 9.47 Å². The molecular formula is C31H48O9. The van der Waals surface area contributed by atoms with E-state index >= 15 is 0 Å². The Morgan fingerprint density at radius 1 is 1.02 bits per heavy atom. The number of hydrogen-bond donors (Lipinski definition) is 6. The van der Waals surface area contributed by atoms with Crippen LogP contribution in [0.4, 0.5) is 0 Å². The van der Waals surface area contributed by atoms with Gasteiger partial charge in [0.1, 0.15) is 24.4 Å². The minimum absolute atomic E-state index is 0.0485. The van der Waals surface area contributed by atoms with Gasteiger partial charge in [-0.1, -0.05) is 43.2 Å². The molecule has 6 N–H and O–H groups in total. The molecule has 3 rings (SSSR count).